The van der Waals surface area contributed by atoms with Crippen molar-refractivity contribution in [2.24, 2.45) is 0 Å². The molecule has 0 bridgehead atoms. The van der Waals surface area contributed by atoms with Crippen LogP contribution in [0.2, 0.25) is 0 Å². The lowest BCUT2D eigenvalue weighted by molar-refractivity contribution is -0.386. The molecule has 17 heavy (non-hydrogen) atoms. The number of rotatable bonds is 5. The topological polar surface area (TPSA) is 95.7 Å². The third-order valence-electron chi connectivity index (χ3n) is 1.74. The normalized spacial score (nSPS) is 11.2. The summed E-state index contributed by atoms with van der Waals surface area (Å²) in [4.78, 5) is 8.96. The molecule has 1 rings (SSSR count). The molecule has 0 aliphatic rings. The highest BCUT2D eigenvalue weighted by Gasteiger charge is 2.21. The van der Waals surface area contributed by atoms with Crippen LogP contribution < -0.4 is 4.74 Å². The Kier molecular flexibility index (Phi) is 3.97. The van der Waals surface area contributed by atoms with Crippen LogP contribution in [0.4, 0.5) is 9.57 Å². The van der Waals surface area contributed by atoms with Crippen LogP contribution in [-0.2, 0) is 15.0 Å². The van der Waals surface area contributed by atoms with Crippen LogP contribution in [0.1, 0.15) is 0 Å². The Bertz CT molecular complexity index is 529. The Morgan fingerprint density at radius 2 is 2.12 bits per heavy atom. The highest BCUT2D eigenvalue weighted by atomic mass is 32.3. The van der Waals surface area contributed by atoms with E-state index in [0.29, 0.717) is 6.07 Å². The van der Waals surface area contributed by atoms with E-state index in [1.165, 1.54) is 7.11 Å². The van der Waals surface area contributed by atoms with Crippen molar-refractivity contribution in [3.8, 4) is 5.75 Å². The zero-order valence-corrected chi connectivity index (χ0v) is 9.44. The predicted octanol–water partition coefficient (Wildman–Crippen LogP) is 1.24. The number of nitrogens with zero attached hydrogens (tertiary/aromatic N) is 1. The summed E-state index contributed by atoms with van der Waals surface area (Å²) in [6, 6.07) is 2.44. The van der Waals surface area contributed by atoms with Gasteiger partial charge in [-0.15, -0.1) is 3.89 Å². The van der Waals surface area contributed by atoms with Crippen LogP contribution >= 0.6 is 0 Å². The Hall–Kier alpha value is -1.74. The van der Waals surface area contributed by atoms with Gasteiger partial charge in [-0.1, -0.05) is 0 Å². The van der Waals surface area contributed by atoms with Gasteiger partial charge in [-0.3, -0.25) is 10.1 Å². The Morgan fingerprint density at radius 3 is 2.59 bits per heavy atom. The molecule has 0 radical (unpaired) electrons. The molecule has 0 saturated carbocycles. The Labute approximate surface area is 96.1 Å². The first-order chi connectivity index (χ1) is 7.86. The molecule has 0 aliphatic carbocycles. The molecule has 0 aliphatic heterocycles. The summed E-state index contributed by atoms with van der Waals surface area (Å²) < 4.78 is 43.2. The summed E-state index contributed by atoms with van der Waals surface area (Å²) in [5.41, 5.74) is -0.652. The van der Waals surface area contributed by atoms with E-state index in [1.807, 2.05) is 0 Å². The standard InChI is InChI=1S/C8H8FNO6S/c1-15-5-16-8-3-2-6(17(9,13)14)4-7(8)10(11)12/h2-4H,5H2,1H3. The van der Waals surface area contributed by atoms with Gasteiger partial charge in [0, 0.05) is 13.2 Å². The van der Waals surface area contributed by atoms with E-state index in [4.69, 9.17) is 4.74 Å². The van der Waals surface area contributed by atoms with E-state index in [-0.39, 0.29) is 12.5 Å². The number of nitro benzene ring substituents is 1. The maximum Gasteiger partial charge on any atom is 0.332 e. The molecule has 0 fully saturated rings. The van der Waals surface area contributed by atoms with Gasteiger partial charge in [0.1, 0.15) is 4.90 Å². The molecule has 94 valence electrons. The van der Waals surface area contributed by atoms with Gasteiger partial charge in [-0.05, 0) is 12.1 Å². The quantitative estimate of drug-likeness (QED) is 0.344. The summed E-state index contributed by atoms with van der Waals surface area (Å²) >= 11 is 0. The van der Waals surface area contributed by atoms with Crippen LogP contribution in [0.3, 0.4) is 0 Å². The van der Waals surface area contributed by atoms with Crippen molar-refractivity contribution in [1.29, 1.82) is 0 Å². The van der Waals surface area contributed by atoms with E-state index >= 15 is 0 Å². The van der Waals surface area contributed by atoms with Crippen LogP contribution in [-0.4, -0.2) is 27.2 Å². The summed E-state index contributed by atoms with van der Waals surface area (Å²) in [5, 5.41) is 10.6. The lowest BCUT2D eigenvalue weighted by Crippen LogP contribution is -2.03. The number of nitro groups is 1. The number of benzene rings is 1. The second kappa shape index (κ2) is 5.06. The molecular weight excluding hydrogens is 257 g/mol. The maximum absolute atomic E-state index is 12.6. The number of hydrogen-bond donors (Lipinski definition) is 0. The minimum Gasteiger partial charge on any atom is -0.460 e. The van der Waals surface area contributed by atoms with Gasteiger partial charge in [0.05, 0.1) is 4.92 Å². The van der Waals surface area contributed by atoms with Crippen molar-refractivity contribution in [1.82, 2.24) is 0 Å². The van der Waals surface area contributed by atoms with Gasteiger partial charge in [-0.2, -0.15) is 8.42 Å². The smallest absolute Gasteiger partial charge is 0.332 e. The van der Waals surface area contributed by atoms with E-state index in [1.54, 1.807) is 0 Å². The maximum atomic E-state index is 12.6. The molecule has 9 heteroatoms. The first kappa shape index (κ1) is 13.3. The van der Waals surface area contributed by atoms with E-state index in [2.05, 4.69) is 4.74 Å². The fourth-order valence-corrected chi connectivity index (χ4v) is 1.52. The van der Waals surface area contributed by atoms with Crippen LogP contribution in [0.5, 0.6) is 5.75 Å². The zero-order chi connectivity index (χ0) is 13.1. The monoisotopic (exact) mass is 265 g/mol. The van der Waals surface area contributed by atoms with Crippen LogP contribution in [0, 0.1) is 10.1 Å². The average molecular weight is 265 g/mol. The van der Waals surface area contributed by atoms with Gasteiger partial charge in [0.2, 0.25) is 0 Å². The van der Waals surface area contributed by atoms with E-state index < -0.39 is 25.7 Å². The third-order valence-corrected chi connectivity index (χ3v) is 2.56. The summed E-state index contributed by atoms with van der Waals surface area (Å²) in [5.74, 6) is -0.204. The summed E-state index contributed by atoms with van der Waals surface area (Å²) in [6.45, 7) is -0.247. The Balaban J connectivity index is 3.22. The molecule has 0 amide bonds. The van der Waals surface area contributed by atoms with Gasteiger partial charge in [0.15, 0.2) is 12.5 Å². The fraction of sp³-hybridized carbons (Fsp3) is 0.250. The highest BCUT2D eigenvalue weighted by molar-refractivity contribution is 7.86. The number of methoxy groups -OCH3 is 1. The van der Waals surface area contributed by atoms with E-state index in [9.17, 15) is 22.4 Å². The first-order valence-corrected chi connectivity index (χ1v) is 5.59. The van der Waals surface area contributed by atoms with Crippen molar-refractivity contribution in [3.05, 3.63) is 28.3 Å². The van der Waals surface area contributed by atoms with Gasteiger partial charge >= 0.3 is 15.9 Å². The van der Waals surface area contributed by atoms with Gasteiger partial charge < -0.3 is 9.47 Å². The zero-order valence-electron chi connectivity index (χ0n) is 8.62. The van der Waals surface area contributed by atoms with Crippen molar-refractivity contribution in [3.63, 3.8) is 0 Å². The van der Waals surface area contributed by atoms with Gasteiger partial charge in [0.25, 0.3) is 0 Å². The summed E-state index contributed by atoms with van der Waals surface area (Å²) in [6.07, 6.45) is 0. The molecule has 7 nitrogen and oxygen atoms in total. The molecule has 1 aromatic rings. The minimum absolute atomic E-state index is 0.204. The van der Waals surface area contributed by atoms with Gasteiger partial charge in [-0.25, -0.2) is 0 Å². The molecule has 0 aromatic heterocycles. The second-order valence-electron chi connectivity index (χ2n) is 2.88. The average Bonchev–Trinajstić information content (AvgIpc) is 2.24. The van der Waals surface area contributed by atoms with Crippen molar-refractivity contribution >= 4 is 15.9 Å². The number of hydrogen-bond acceptors (Lipinski definition) is 6. The van der Waals surface area contributed by atoms with Crippen LogP contribution in [0.15, 0.2) is 23.1 Å². The third kappa shape index (κ3) is 3.36. The van der Waals surface area contributed by atoms with Crippen LogP contribution in [0.25, 0.3) is 0 Å². The molecular formula is C8H8FNO6S. The lowest BCUT2D eigenvalue weighted by atomic mass is 10.3. The molecule has 1 aromatic carbocycles. The first-order valence-electron chi connectivity index (χ1n) is 4.21. The molecule has 0 atom stereocenters. The molecule has 0 spiro atoms. The fourth-order valence-electron chi connectivity index (χ4n) is 1.04. The Morgan fingerprint density at radius 1 is 1.47 bits per heavy atom. The lowest BCUT2D eigenvalue weighted by Gasteiger charge is -2.05. The minimum atomic E-state index is -4.99. The van der Waals surface area contributed by atoms with Crippen molar-refractivity contribution in [2.45, 2.75) is 4.90 Å². The number of halogens is 1. The molecule has 0 heterocycles. The second-order valence-corrected chi connectivity index (χ2v) is 4.22. The number of ether oxygens (including phenoxy) is 2. The largest absolute Gasteiger partial charge is 0.460 e. The van der Waals surface area contributed by atoms with Crippen molar-refractivity contribution < 1.29 is 26.7 Å². The summed E-state index contributed by atoms with van der Waals surface area (Å²) in [7, 11) is -3.68. The molecule has 0 unspecified atom stereocenters. The molecule has 0 saturated heterocycles. The highest BCUT2D eigenvalue weighted by Crippen LogP contribution is 2.30. The predicted molar refractivity (Wildman–Crippen MR) is 53.9 cm³/mol. The van der Waals surface area contributed by atoms with Crippen molar-refractivity contribution in [2.75, 3.05) is 13.9 Å². The molecule has 0 N–H and O–H groups in total. The SMILES string of the molecule is COCOc1ccc(S(=O)(=O)F)cc1[N+](=O)[O-]. The van der Waals surface area contributed by atoms with E-state index in [0.717, 1.165) is 12.1 Å².